The molecule has 0 saturated carbocycles. The first-order valence-electron chi connectivity index (χ1n) is 10.5. The molecule has 0 aliphatic rings. The van der Waals surface area contributed by atoms with E-state index in [1.54, 1.807) is 7.05 Å². The van der Waals surface area contributed by atoms with E-state index < -0.39 is 0 Å². The lowest BCUT2D eigenvalue weighted by atomic mass is 10.1. The molecule has 0 aliphatic carbocycles. The average molecular weight is 543 g/mol. The Kier molecular flexibility index (Phi) is 7.89. The van der Waals surface area contributed by atoms with Gasteiger partial charge in [0, 0.05) is 49.1 Å². The Morgan fingerprint density at radius 3 is 2.62 bits per heavy atom. The van der Waals surface area contributed by atoms with Crippen molar-refractivity contribution in [2.75, 3.05) is 13.6 Å². The number of rotatable bonds is 6. The molecule has 0 unspecified atom stereocenters. The maximum absolute atomic E-state index is 4.55. The molecule has 0 bridgehead atoms. The van der Waals surface area contributed by atoms with Gasteiger partial charge in [-0.05, 0) is 62.1 Å². The predicted molar refractivity (Wildman–Crippen MR) is 141 cm³/mol. The number of aromatic nitrogens is 4. The first-order chi connectivity index (χ1) is 15.0. The number of H-pyrrole nitrogens is 1. The fraction of sp³-hybridized carbons (Fsp3) is 0.292. The maximum Gasteiger partial charge on any atom is 0.191 e. The smallest absolute Gasteiger partial charge is 0.191 e. The second-order valence-electron chi connectivity index (χ2n) is 7.83. The molecule has 0 spiro atoms. The first kappa shape index (κ1) is 23.8. The number of aromatic amines is 1. The monoisotopic (exact) mass is 543 g/mol. The van der Waals surface area contributed by atoms with Crippen molar-refractivity contribution >= 4 is 40.8 Å². The molecule has 0 atom stereocenters. The average Bonchev–Trinajstić information content (AvgIpc) is 3.32. The number of hydrogen-bond acceptors (Lipinski definition) is 3. The van der Waals surface area contributed by atoms with Crippen LogP contribution >= 0.6 is 24.0 Å². The van der Waals surface area contributed by atoms with Crippen molar-refractivity contribution in [3.05, 3.63) is 76.9 Å². The SMILES string of the molecule is CN=C(NCCc1c[nH]c2cc(C)ccc12)NCc1ccc(-n2nc(C)cc2C)nc1.I. The van der Waals surface area contributed by atoms with E-state index in [9.17, 15) is 0 Å². The van der Waals surface area contributed by atoms with Gasteiger partial charge in [0.25, 0.3) is 0 Å². The van der Waals surface area contributed by atoms with Crippen LogP contribution in [0.3, 0.4) is 0 Å². The summed E-state index contributed by atoms with van der Waals surface area (Å²) in [6.07, 6.45) is 4.89. The van der Waals surface area contributed by atoms with Gasteiger partial charge in [-0.1, -0.05) is 18.2 Å². The Labute approximate surface area is 205 Å². The minimum atomic E-state index is 0. The molecule has 0 aliphatic heterocycles. The zero-order valence-electron chi connectivity index (χ0n) is 18.9. The maximum atomic E-state index is 4.55. The highest BCUT2D eigenvalue weighted by Crippen LogP contribution is 2.19. The van der Waals surface area contributed by atoms with Crippen LogP contribution in [-0.4, -0.2) is 39.3 Å². The fourth-order valence-corrected chi connectivity index (χ4v) is 3.74. The number of hydrogen-bond donors (Lipinski definition) is 3. The van der Waals surface area contributed by atoms with Crippen LogP contribution in [-0.2, 0) is 13.0 Å². The van der Waals surface area contributed by atoms with Crippen molar-refractivity contribution in [3.8, 4) is 5.82 Å². The molecule has 1 aromatic carbocycles. The highest BCUT2D eigenvalue weighted by atomic mass is 127. The Morgan fingerprint density at radius 1 is 1.09 bits per heavy atom. The third-order valence-electron chi connectivity index (χ3n) is 5.33. The lowest BCUT2D eigenvalue weighted by Gasteiger charge is -2.12. The molecule has 8 heteroatoms. The molecule has 3 N–H and O–H groups in total. The number of fused-ring (bicyclic) bond motifs is 1. The van der Waals surface area contributed by atoms with E-state index in [1.807, 2.05) is 36.9 Å². The first-order valence-corrected chi connectivity index (χ1v) is 10.5. The van der Waals surface area contributed by atoms with Gasteiger partial charge in [-0.3, -0.25) is 4.99 Å². The number of nitrogens with zero attached hydrogens (tertiary/aromatic N) is 4. The minimum absolute atomic E-state index is 0. The van der Waals surface area contributed by atoms with Crippen LogP contribution in [0.4, 0.5) is 0 Å². The molecule has 7 nitrogen and oxygen atoms in total. The van der Waals surface area contributed by atoms with Crippen molar-refractivity contribution in [1.82, 2.24) is 30.4 Å². The zero-order valence-corrected chi connectivity index (χ0v) is 21.3. The van der Waals surface area contributed by atoms with Crippen molar-refractivity contribution in [2.45, 2.75) is 33.7 Å². The number of halogens is 1. The Morgan fingerprint density at radius 2 is 1.94 bits per heavy atom. The van der Waals surface area contributed by atoms with Crippen LogP contribution in [0.5, 0.6) is 0 Å². The molecular formula is C24H30IN7. The van der Waals surface area contributed by atoms with Crippen LogP contribution in [0.2, 0.25) is 0 Å². The van der Waals surface area contributed by atoms with E-state index >= 15 is 0 Å². The summed E-state index contributed by atoms with van der Waals surface area (Å²) in [7, 11) is 1.79. The van der Waals surface area contributed by atoms with Gasteiger partial charge in [0.1, 0.15) is 0 Å². The van der Waals surface area contributed by atoms with E-state index in [0.29, 0.717) is 6.54 Å². The molecule has 0 amide bonds. The highest BCUT2D eigenvalue weighted by Gasteiger charge is 2.06. The van der Waals surface area contributed by atoms with E-state index in [1.165, 1.54) is 22.0 Å². The van der Waals surface area contributed by atoms with Crippen LogP contribution in [0.1, 0.15) is 28.1 Å². The number of guanidine groups is 1. The Bertz CT molecular complexity index is 1210. The summed E-state index contributed by atoms with van der Waals surface area (Å²) in [4.78, 5) is 12.2. The van der Waals surface area contributed by atoms with Crippen molar-refractivity contribution in [1.29, 1.82) is 0 Å². The second-order valence-corrected chi connectivity index (χ2v) is 7.83. The van der Waals surface area contributed by atoms with Gasteiger partial charge in [0.05, 0.1) is 5.69 Å². The van der Waals surface area contributed by atoms with Crippen LogP contribution < -0.4 is 10.6 Å². The Balaban J connectivity index is 0.00000289. The summed E-state index contributed by atoms with van der Waals surface area (Å²) in [6, 6.07) is 12.6. The van der Waals surface area contributed by atoms with E-state index in [4.69, 9.17) is 0 Å². The summed E-state index contributed by atoms with van der Waals surface area (Å²) < 4.78 is 1.86. The third kappa shape index (κ3) is 5.48. The summed E-state index contributed by atoms with van der Waals surface area (Å²) in [5.41, 5.74) is 6.91. The number of benzene rings is 1. The molecule has 0 radical (unpaired) electrons. The van der Waals surface area contributed by atoms with Crippen molar-refractivity contribution in [2.24, 2.45) is 4.99 Å². The van der Waals surface area contributed by atoms with E-state index in [2.05, 4.69) is 68.1 Å². The van der Waals surface area contributed by atoms with Crippen LogP contribution in [0.15, 0.2) is 53.8 Å². The molecule has 3 aromatic heterocycles. The number of aryl methyl sites for hydroxylation is 3. The fourth-order valence-electron chi connectivity index (χ4n) is 3.74. The van der Waals surface area contributed by atoms with Gasteiger partial charge in [-0.2, -0.15) is 5.10 Å². The van der Waals surface area contributed by atoms with Gasteiger partial charge in [0.2, 0.25) is 0 Å². The van der Waals surface area contributed by atoms with Gasteiger partial charge < -0.3 is 15.6 Å². The van der Waals surface area contributed by atoms with Gasteiger partial charge in [-0.15, -0.1) is 24.0 Å². The quantitative estimate of drug-likeness (QED) is 0.194. The summed E-state index contributed by atoms with van der Waals surface area (Å²) in [6.45, 7) is 7.58. The van der Waals surface area contributed by atoms with Gasteiger partial charge in [0.15, 0.2) is 11.8 Å². The largest absolute Gasteiger partial charge is 0.361 e. The summed E-state index contributed by atoms with van der Waals surface area (Å²) in [5, 5.41) is 12.5. The standard InChI is InChI=1S/C24H29N7.HI/c1-16-5-7-21-20(15-27-22(21)11-16)9-10-26-24(25-4)29-14-19-6-8-23(28-13-19)31-18(3)12-17(2)30-31;/h5-8,11-13,15,27H,9-10,14H2,1-4H3,(H2,25,26,29);1H. The Hall–Kier alpha value is -2.88. The summed E-state index contributed by atoms with van der Waals surface area (Å²) >= 11 is 0. The topological polar surface area (TPSA) is 82.9 Å². The molecule has 32 heavy (non-hydrogen) atoms. The molecular weight excluding hydrogens is 513 g/mol. The van der Waals surface area contributed by atoms with Crippen molar-refractivity contribution in [3.63, 3.8) is 0 Å². The molecule has 4 aromatic rings. The van der Waals surface area contributed by atoms with E-state index in [-0.39, 0.29) is 24.0 Å². The summed E-state index contributed by atoms with van der Waals surface area (Å²) in [5.74, 6) is 1.60. The number of pyridine rings is 1. The molecule has 0 saturated heterocycles. The lowest BCUT2D eigenvalue weighted by molar-refractivity contribution is 0.785. The zero-order chi connectivity index (χ0) is 21.8. The van der Waals surface area contributed by atoms with Gasteiger partial charge in [-0.25, -0.2) is 9.67 Å². The molecule has 0 fully saturated rings. The third-order valence-corrected chi connectivity index (χ3v) is 5.33. The molecule has 3 heterocycles. The predicted octanol–water partition coefficient (Wildman–Crippen LogP) is 4.20. The van der Waals surface area contributed by atoms with Gasteiger partial charge >= 0.3 is 0 Å². The molecule has 168 valence electrons. The van der Waals surface area contributed by atoms with Crippen molar-refractivity contribution < 1.29 is 0 Å². The number of nitrogens with one attached hydrogen (secondary N) is 3. The normalized spacial score (nSPS) is 11.4. The van der Waals surface area contributed by atoms with Crippen LogP contribution in [0.25, 0.3) is 16.7 Å². The highest BCUT2D eigenvalue weighted by molar-refractivity contribution is 14.0. The lowest BCUT2D eigenvalue weighted by Crippen LogP contribution is -2.37. The number of aliphatic imine (C=N–C) groups is 1. The van der Waals surface area contributed by atoms with Crippen LogP contribution in [0, 0.1) is 20.8 Å². The minimum Gasteiger partial charge on any atom is -0.361 e. The molecule has 4 rings (SSSR count). The second kappa shape index (κ2) is 10.6. The van der Waals surface area contributed by atoms with E-state index in [0.717, 1.165) is 41.7 Å².